The van der Waals surface area contributed by atoms with Gasteiger partial charge in [0.2, 0.25) is 11.1 Å². The quantitative estimate of drug-likeness (QED) is 0.832. The molecule has 3 rings (SSSR count). The monoisotopic (exact) mass is 349 g/mol. The molecule has 2 heterocycles. The van der Waals surface area contributed by atoms with Crippen molar-refractivity contribution in [2.75, 3.05) is 16.9 Å². The maximum absolute atomic E-state index is 12.5. The molecule has 2 N–H and O–H groups in total. The van der Waals surface area contributed by atoms with Crippen molar-refractivity contribution < 1.29 is 4.79 Å². The van der Waals surface area contributed by atoms with E-state index in [9.17, 15) is 4.79 Å². The molecule has 6 nitrogen and oxygen atoms in total. The molecular formula is C15H16ClN5OS. The second-order valence-corrected chi connectivity index (χ2v) is 6.41. The van der Waals surface area contributed by atoms with E-state index in [1.165, 1.54) is 11.8 Å². The summed E-state index contributed by atoms with van der Waals surface area (Å²) in [5.41, 5.74) is 3.02. The van der Waals surface area contributed by atoms with Crippen LogP contribution in [0.15, 0.2) is 34.6 Å². The van der Waals surface area contributed by atoms with Crippen LogP contribution in [0.4, 0.5) is 11.6 Å². The van der Waals surface area contributed by atoms with Gasteiger partial charge in [0.15, 0.2) is 0 Å². The van der Waals surface area contributed by atoms with E-state index in [0.717, 1.165) is 11.3 Å². The molecule has 0 aliphatic carbocycles. The lowest BCUT2D eigenvalue weighted by Crippen LogP contribution is -2.26. The third kappa shape index (κ3) is 3.20. The minimum absolute atomic E-state index is 0.179. The van der Waals surface area contributed by atoms with Crippen LogP contribution in [0, 0.1) is 6.92 Å². The van der Waals surface area contributed by atoms with Crippen LogP contribution in [0.5, 0.6) is 0 Å². The molecule has 0 radical (unpaired) electrons. The van der Waals surface area contributed by atoms with E-state index in [4.69, 9.17) is 11.6 Å². The molecule has 0 saturated heterocycles. The number of rotatable bonds is 3. The average molecular weight is 350 g/mol. The lowest BCUT2D eigenvalue weighted by molar-refractivity contribution is -0.113. The molecule has 1 aromatic carbocycles. The standard InChI is InChI=1S/C15H16ClN5OS/c1-8-4-5-10(6-12(8)16)18-13(22)11-7-21-14(17-9(11)2)19-15(20-21)23-3/h4-6H,7H2,1-3H3,(H,18,22)(H,17,19,20). The van der Waals surface area contributed by atoms with Crippen LogP contribution in [0.2, 0.25) is 5.02 Å². The Kier molecular flexibility index (Phi) is 4.32. The van der Waals surface area contributed by atoms with Crippen LogP contribution in [-0.4, -0.2) is 26.9 Å². The van der Waals surface area contributed by atoms with Crippen molar-refractivity contribution in [2.24, 2.45) is 0 Å². The van der Waals surface area contributed by atoms with Gasteiger partial charge in [0.1, 0.15) is 0 Å². The smallest absolute Gasteiger partial charge is 0.255 e. The number of allylic oxidation sites excluding steroid dienone is 1. The lowest BCUT2D eigenvalue weighted by atomic mass is 10.1. The van der Waals surface area contributed by atoms with E-state index in [1.54, 1.807) is 10.7 Å². The van der Waals surface area contributed by atoms with E-state index in [1.807, 2.05) is 32.2 Å². The molecule has 1 aliphatic rings. The van der Waals surface area contributed by atoms with E-state index in [2.05, 4.69) is 20.7 Å². The van der Waals surface area contributed by atoms with Gasteiger partial charge in [0, 0.05) is 16.4 Å². The summed E-state index contributed by atoms with van der Waals surface area (Å²) in [7, 11) is 0. The van der Waals surface area contributed by atoms with Gasteiger partial charge in [-0.3, -0.25) is 4.79 Å². The Balaban J connectivity index is 1.80. The molecule has 1 aliphatic heterocycles. The van der Waals surface area contributed by atoms with Crippen molar-refractivity contribution >= 4 is 40.9 Å². The SMILES string of the molecule is CSc1nc2n(n1)CC(C(=O)Nc1ccc(C)c(Cl)c1)=C(C)N2. The van der Waals surface area contributed by atoms with Gasteiger partial charge in [0.25, 0.3) is 5.91 Å². The van der Waals surface area contributed by atoms with Crippen LogP contribution in [0.3, 0.4) is 0 Å². The average Bonchev–Trinajstić information content (AvgIpc) is 2.92. The number of thioether (sulfide) groups is 1. The molecule has 0 unspecified atom stereocenters. The van der Waals surface area contributed by atoms with Crippen molar-refractivity contribution in [3.05, 3.63) is 40.1 Å². The third-order valence-electron chi connectivity index (χ3n) is 3.60. The zero-order valence-electron chi connectivity index (χ0n) is 13.0. The second kappa shape index (κ2) is 6.25. The number of nitrogens with zero attached hydrogens (tertiary/aromatic N) is 3. The Morgan fingerprint density at radius 1 is 1.43 bits per heavy atom. The summed E-state index contributed by atoms with van der Waals surface area (Å²) in [5, 5.41) is 11.6. The Labute approximate surface area is 143 Å². The van der Waals surface area contributed by atoms with Crippen molar-refractivity contribution in [3.8, 4) is 0 Å². The third-order valence-corrected chi connectivity index (χ3v) is 4.54. The number of carbonyl (C=O) groups excluding carboxylic acids is 1. The molecule has 0 atom stereocenters. The van der Waals surface area contributed by atoms with Gasteiger partial charge < -0.3 is 10.6 Å². The molecule has 1 aromatic heterocycles. The fourth-order valence-electron chi connectivity index (χ4n) is 2.24. The zero-order chi connectivity index (χ0) is 16.6. The van der Waals surface area contributed by atoms with E-state index in [-0.39, 0.29) is 5.91 Å². The van der Waals surface area contributed by atoms with Crippen LogP contribution >= 0.6 is 23.4 Å². The summed E-state index contributed by atoms with van der Waals surface area (Å²) in [6.07, 6.45) is 1.91. The molecule has 0 saturated carbocycles. The van der Waals surface area contributed by atoms with Gasteiger partial charge in [-0.1, -0.05) is 29.4 Å². The molecular weight excluding hydrogens is 334 g/mol. The van der Waals surface area contributed by atoms with Crippen LogP contribution in [0.25, 0.3) is 0 Å². The first-order valence-electron chi connectivity index (χ1n) is 7.01. The Bertz CT molecular complexity index is 814. The molecule has 1 amide bonds. The molecule has 23 heavy (non-hydrogen) atoms. The number of halogens is 1. The Hall–Kier alpha value is -1.99. The molecule has 120 valence electrons. The van der Waals surface area contributed by atoms with Crippen LogP contribution in [-0.2, 0) is 11.3 Å². The number of aromatic nitrogens is 3. The van der Waals surface area contributed by atoms with Crippen LogP contribution < -0.4 is 10.6 Å². The first kappa shape index (κ1) is 15.9. The maximum Gasteiger partial charge on any atom is 0.255 e. The summed E-state index contributed by atoms with van der Waals surface area (Å²) in [4.78, 5) is 16.9. The highest BCUT2D eigenvalue weighted by molar-refractivity contribution is 7.98. The van der Waals surface area contributed by atoms with Crippen molar-refractivity contribution in [2.45, 2.75) is 25.5 Å². The van der Waals surface area contributed by atoms with Gasteiger partial charge in [-0.15, -0.1) is 5.10 Å². The predicted molar refractivity (Wildman–Crippen MR) is 92.9 cm³/mol. The predicted octanol–water partition coefficient (Wildman–Crippen LogP) is 3.30. The maximum atomic E-state index is 12.5. The number of hydrogen-bond acceptors (Lipinski definition) is 5. The Morgan fingerprint density at radius 3 is 2.91 bits per heavy atom. The number of aryl methyl sites for hydroxylation is 1. The van der Waals surface area contributed by atoms with E-state index in [0.29, 0.717) is 33.9 Å². The fourth-order valence-corrected chi connectivity index (χ4v) is 2.78. The molecule has 0 spiro atoms. The van der Waals surface area contributed by atoms with Gasteiger partial charge in [-0.05, 0) is 37.8 Å². The number of anilines is 2. The molecule has 0 fully saturated rings. The topological polar surface area (TPSA) is 71.8 Å². The molecule has 2 aromatic rings. The van der Waals surface area contributed by atoms with Gasteiger partial charge in [-0.2, -0.15) is 4.98 Å². The first-order chi connectivity index (χ1) is 11.0. The number of hydrogen-bond donors (Lipinski definition) is 2. The highest BCUT2D eigenvalue weighted by Gasteiger charge is 2.23. The summed E-state index contributed by atoms with van der Waals surface area (Å²) in [6, 6.07) is 5.45. The fraction of sp³-hybridized carbons (Fsp3) is 0.267. The number of amides is 1. The van der Waals surface area contributed by atoms with Crippen molar-refractivity contribution in [1.82, 2.24) is 14.8 Å². The van der Waals surface area contributed by atoms with Crippen molar-refractivity contribution in [1.29, 1.82) is 0 Å². The van der Waals surface area contributed by atoms with E-state index >= 15 is 0 Å². The number of fused-ring (bicyclic) bond motifs is 1. The first-order valence-corrected chi connectivity index (χ1v) is 8.61. The second-order valence-electron chi connectivity index (χ2n) is 5.23. The van der Waals surface area contributed by atoms with Gasteiger partial charge >= 0.3 is 0 Å². The largest absolute Gasteiger partial charge is 0.328 e. The number of nitrogens with one attached hydrogen (secondary N) is 2. The minimum Gasteiger partial charge on any atom is -0.328 e. The summed E-state index contributed by atoms with van der Waals surface area (Å²) >= 11 is 7.56. The minimum atomic E-state index is -0.179. The molecule has 8 heteroatoms. The normalized spacial score (nSPS) is 13.6. The lowest BCUT2D eigenvalue weighted by Gasteiger charge is -2.19. The number of carbonyl (C=O) groups is 1. The highest BCUT2D eigenvalue weighted by atomic mass is 35.5. The molecule has 0 bridgehead atoms. The highest BCUT2D eigenvalue weighted by Crippen LogP contribution is 2.24. The zero-order valence-corrected chi connectivity index (χ0v) is 14.5. The van der Waals surface area contributed by atoms with Gasteiger partial charge in [0.05, 0.1) is 12.1 Å². The van der Waals surface area contributed by atoms with Crippen LogP contribution in [0.1, 0.15) is 12.5 Å². The summed E-state index contributed by atoms with van der Waals surface area (Å²) in [6.45, 7) is 4.16. The van der Waals surface area contributed by atoms with Gasteiger partial charge in [-0.25, -0.2) is 4.68 Å². The number of benzene rings is 1. The summed E-state index contributed by atoms with van der Waals surface area (Å²) < 4.78 is 1.69. The summed E-state index contributed by atoms with van der Waals surface area (Å²) in [5.74, 6) is 0.476. The van der Waals surface area contributed by atoms with Crippen molar-refractivity contribution in [3.63, 3.8) is 0 Å². The van der Waals surface area contributed by atoms with E-state index < -0.39 is 0 Å². The Morgan fingerprint density at radius 2 is 2.22 bits per heavy atom.